The van der Waals surface area contributed by atoms with E-state index in [0.29, 0.717) is 19.1 Å². The lowest BCUT2D eigenvalue weighted by atomic mass is 10.1. The molecular formula is C16H34N2O2. The van der Waals surface area contributed by atoms with E-state index in [4.69, 9.17) is 4.74 Å². The smallest absolute Gasteiger partial charge is 0.410 e. The zero-order valence-electron chi connectivity index (χ0n) is 14.3. The summed E-state index contributed by atoms with van der Waals surface area (Å²) in [6, 6.07) is 0.513. The van der Waals surface area contributed by atoms with Crippen LogP contribution in [-0.2, 0) is 4.74 Å². The molecule has 0 rings (SSSR count). The lowest BCUT2D eigenvalue weighted by Gasteiger charge is -2.27. The van der Waals surface area contributed by atoms with Crippen LogP contribution in [0.15, 0.2) is 0 Å². The number of unbranched alkanes of at least 4 members (excludes halogenated alkanes) is 2. The summed E-state index contributed by atoms with van der Waals surface area (Å²) < 4.78 is 5.39. The molecule has 1 amide bonds. The average molecular weight is 286 g/mol. The third-order valence-electron chi connectivity index (χ3n) is 3.15. The molecule has 0 aliphatic heterocycles. The Morgan fingerprint density at radius 2 is 1.90 bits per heavy atom. The fraction of sp³-hybridized carbons (Fsp3) is 0.938. The van der Waals surface area contributed by atoms with Crippen LogP contribution < -0.4 is 5.32 Å². The minimum Gasteiger partial charge on any atom is -0.444 e. The first-order chi connectivity index (χ1) is 9.30. The molecule has 0 spiro atoms. The number of carbonyl (C=O) groups is 1. The zero-order chi connectivity index (χ0) is 15.6. The number of nitrogens with zero attached hydrogens (tertiary/aromatic N) is 1. The lowest BCUT2D eigenvalue weighted by molar-refractivity contribution is 0.0261. The normalized spacial score (nSPS) is 13.1. The van der Waals surface area contributed by atoms with E-state index in [-0.39, 0.29) is 6.09 Å². The van der Waals surface area contributed by atoms with Crippen molar-refractivity contribution in [1.82, 2.24) is 10.2 Å². The van der Waals surface area contributed by atoms with Gasteiger partial charge in [-0.25, -0.2) is 4.79 Å². The van der Waals surface area contributed by atoms with Crippen molar-refractivity contribution in [3.8, 4) is 0 Å². The van der Waals surface area contributed by atoms with Gasteiger partial charge in [-0.05, 0) is 41.0 Å². The summed E-state index contributed by atoms with van der Waals surface area (Å²) in [7, 11) is 0. The molecule has 0 saturated carbocycles. The molecule has 0 saturated heterocycles. The van der Waals surface area contributed by atoms with Crippen LogP contribution >= 0.6 is 0 Å². The van der Waals surface area contributed by atoms with Gasteiger partial charge in [-0.3, -0.25) is 0 Å². The van der Waals surface area contributed by atoms with Crippen molar-refractivity contribution in [2.24, 2.45) is 0 Å². The SMILES string of the molecule is CCCCCC(C)NCCN(CC)C(=O)OC(C)(C)C. The van der Waals surface area contributed by atoms with Gasteiger partial charge >= 0.3 is 6.09 Å². The van der Waals surface area contributed by atoms with E-state index in [2.05, 4.69) is 19.2 Å². The first kappa shape index (κ1) is 19.2. The molecule has 0 aliphatic carbocycles. The molecule has 20 heavy (non-hydrogen) atoms. The van der Waals surface area contributed by atoms with Gasteiger partial charge in [-0.2, -0.15) is 0 Å². The standard InChI is InChI=1S/C16H34N2O2/c1-7-9-10-11-14(3)17-12-13-18(8-2)15(19)20-16(4,5)6/h14,17H,7-13H2,1-6H3. The van der Waals surface area contributed by atoms with E-state index in [1.165, 1.54) is 25.7 Å². The van der Waals surface area contributed by atoms with Gasteiger partial charge in [0.05, 0.1) is 0 Å². The molecule has 0 aromatic rings. The summed E-state index contributed by atoms with van der Waals surface area (Å²) in [6.45, 7) is 14.3. The summed E-state index contributed by atoms with van der Waals surface area (Å²) in [5.41, 5.74) is -0.425. The lowest BCUT2D eigenvalue weighted by Crippen LogP contribution is -2.41. The highest BCUT2D eigenvalue weighted by molar-refractivity contribution is 5.68. The number of hydrogen-bond donors (Lipinski definition) is 1. The van der Waals surface area contributed by atoms with Gasteiger partial charge in [0.25, 0.3) is 0 Å². The Morgan fingerprint density at radius 1 is 1.25 bits per heavy atom. The van der Waals surface area contributed by atoms with Crippen LogP contribution in [0.3, 0.4) is 0 Å². The Bertz CT molecular complexity index is 262. The molecule has 0 fully saturated rings. The molecule has 120 valence electrons. The second-order valence-corrected chi connectivity index (χ2v) is 6.41. The van der Waals surface area contributed by atoms with E-state index >= 15 is 0 Å². The van der Waals surface area contributed by atoms with Crippen LogP contribution in [0.2, 0.25) is 0 Å². The summed E-state index contributed by atoms with van der Waals surface area (Å²) >= 11 is 0. The van der Waals surface area contributed by atoms with Crippen molar-refractivity contribution < 1.29 is 9.53 Å². The monoisotopic (exact) mass is 286 g/mol. The maximum absolute atomic E-state index is 12.0. The maximum atomic E-state index is 12.0. The highest BCUT2D eigenvalue weighted by atomic mass is 16.6. The second kappa shape index (κ2) is 10.0. The first-order valence-electron chi connectivity index (χ1n) is 8.01. The largest absolute Gasteiger partial charge is 0.444 e. The fourth-order valence-corrected chi connectivity index (χ4v) is 1.95. The minimum atomic E-state index is -0.425. The molecule has 1 unspecified atom stereocenters. The van der Waals surface area contributed by atoms with Gasteiger partial charge < -0.3 is 15.0 Å². The predicted molar refractivity (Wildman–Crippen MR) is 85.1 cm³/mol. The molecule has 0 aromatic heterocycles. The molecule has 4 nitrogen and oxygen atoms in total. The van der Waals surface area contributed by atoms with Gasteiger partial charge in [-0.15, -0.1) is 0 Å². The highest BCUT2D eigenvalue weighted by Crippen LogP contribution is 2.09. The predicted octanol–water partition coefficient (Wildman–Crippen LogP) is 3.80. The Hall–Kier alpha value is -0.770. The Labute approximate surface area is 125 Å². The average Bonchev–Trinajstić information content (AvgIpc) is 2.32. The summed E-state index contributed by atoms with van der Waals surface area (Å²) in [6.07, 6.45) is 4.81. The topological polar surface area (TPSA) is 41.6 Å². The van der Waals surface area contributed by atoms with Gasteiger partial charge in [-0.1, -0.05) is 26.2 Å². The molecule has 0 aromatic carbocycles. The van der Waals surface area contributed by atoms with Crippen LogP contribution in [0.4, 0.5) is 4.79 Å². The molecule has 1 atom stereocenters. The fourth-order valence-electron chi connectivity index (χ4n) is 1.95. The summed E-state index contributed by atoms with van der Waals surface area (Å²) in [4.78, 5) is 13.7. The number of nitrogens with one attached hydrogen (secondary N) is 1. The van der Waals surface area contributed by atoms with E-state index < -0.39 is 5.60 Å². The van der Waals surface area contributed by atoms with Crippen LogP contribution in [0, 0.1) is 0 Å². The quantitative estimate of drug-likeness (QED) is 0.655. The molecule has 0 radical (unpaired) electrons. The Kier molecular flexibility index (Phi) is 9.64. The van der Waals surface area contributed by atoms with Crippen molar-refractivity contribution in [2.75, 3.05) is 19.6 Å². The van der Waals surface area contributed by atoms with Gasteiger partial charge in [0, 0.05) is 25.7 Å². The van der Waals surface area contributed by atoms with Gasteiger partial charge in [0.1, 0.15) is 5.60 Å². The van der Waals surface area contributed by atoms with E-state index in [1.54, 1.807) is 4.90 Å². The van der Waals surface area contributed by atoms with Gasteiger partial charge in [0.15, 0.2) is 0 Å². The molecular weight excluding hydrogens is 252 g/mol. The van der Waals surface area contributed by atoms with Crippen LogP contribution in [0.25, 0.3) is 0 Å². The summed E-state index contributed by atoms with van der Waals surface area (Å²) in [5.74, 6) is 0. The van der Waals surface area contributed by atoms with E-state index in [9.17, 15) is 4.79 Å². The third kappa shape index (κ3) is 10.1. The first-order valence-corrected chi connectivity index (χ1v) is 8.01. The van der Waals surface area contributed by atoms with Crippen molar-refractivity contribution >= 4 is 6.09 Å². The number of rotatable bonds is 9. The molecule has 1 N–H and O–H groups in total. The summed E-state index contributed by atoms with van der Waals surface area (Å²) in [5, 5.41) is 3.47. The Balaban J connectivity index is 3.92. The van der Waals surface area contributed by atoms with E-state index in [1.807, 2.05) is 27.7 Å². The van der Waals surface area contributed by atoms with E-state index in [0.717, 1.165) is 6.54 Å². The van der Waals surface area contributed by atoms with Crippen molar-refractivity contribution in [3.05, 3.63) is 0 Å². The van der Waals surface area contributed by atoms with Crippen LogP contribution in [0.1, 0.15) is 67.2 Å². The number of carbonyl (C=O) groups excluding carboxylic acids is 1. The van der Waals surface area contributed by atoms with Gasteiger partial charge in [0.2, 0.25) is 0 Å². The van der Waals surface area contributed by atoms with Crippen molar-refractivity contribution in [2.45, 2.75) is 78.9 Å². The van der Waals surface area contributed by atoms with Crippen molar-refractivity contribution in [1.29, 1.82) is 0 Å². The number of likely N-dealkylation sites (N-methyl/N-ethyl adjacent to an activating group) is 1. The number of ether oxygens (including phenoxy) is 1. The van der Waals surface area contributed by atoms with Crippen LogP contribution in [0.5, 0.6) is 0 Å². The zero-order valence-corrected chi connectivity index (χ0v) is 14.3. The maximum Gasteiger partial charge on any atom is 0.410 e. The molecule has 0 aliphatic rings. The minimum absolute atomic E-state index is 0.222. The number of amides is 1. The third-order valence-corrected chi connectivity index (χ3v) is 3.15. The molecule has 0 heterocycles. The molecule has 4 heteroatoms. The number of hydrogen-bond acceptors (Lipinski definition) is 3. The Morgan fingerprint density at radius 3 is 2.40 bits per heavy atom. The molecule has 0 bridgehead atoms. The van der Waals surface area contributed by atoms with Crippen molar-refractivity contribution in [3.63, 3.8) is 0 Å². The van der Waals surface area contributed by atoms with Crippen LogP contribution in [-0.4, -0.2) is 42.3 Å². The highest BCUT2D eigenvalue weighted by Gasteiger charge is 2.20. The second-order valence-electron chi connectivity index (χ2n) is 6.41.